The van der Waals surface area contributed by atoms with E-state index in [1.807, 2.05) is 42.5 Å². The first-order valence-electron chi connectivity index (χ1n) is 6.91. The Morgan fingerprint density at radius 1 is 1.00 bits per heavy atom. The summed E-state index contributed by atoms with van der Waals surface area (Å²) in [5.74, 6) is -0.296. The predicted octanol–water partition coefficient (Wildman–Crippen LogP) is 4.08. The standard InChI is InChI=1S/C18H15NO2/c1-2-21-18(20)15-9-7-14(8-10-15)17-12-11-13-5-3-4-6-16(13)19-17/h3-12H,2H2,1H3. The van der Waals surface area contributed by atoms with Gasteiger partial charge in [-0.05, 0) is 31.2 Å². The molecule has 0 unspecified atom stereocenters. The summed E-state index contributed by atoms with van der Waals surface area (Å²) in [6.07, 6.45) is 0. The number of aromatic nitrogens is 1. The van der Waals surface area contributed by atoms with Gasteiger partial charge >= 0.3 is 5.97 Å². The normalized spacial score (nSPS) is 10.5. The van der Waals surface area contributed by atoms with Crippen molar-refractivity contribution in [1.82, 2.24) is 4.98 Å². The molecule has 3 heteroatoms. The van der Waals surface area contributed by atoms with Crippen LogP contribution in [0.15, 0.2) is 60.7 Å². The van der Waals surface area contributed by atoms with Crippen molar-refractivity contribution in [2.45, 2.75) is 6.92 Å². The zero-order chi connectivity index (χ0) is 14.7. The smallest absolute Gasteiger partial charge is 0.338 e. The molecule has 1 heterocycles. The first-order valence-corrected chi connectivity index (χ1v) is 6.91. The third kappa shape index (κ3) is 2.77. The van der Waals surface area contributed by atoms with E-state index < -0.39 is 0 Å². The number of carbonyl (C=O) groups is 1. The zero-order valence-electron chi connectivity index (χ0n) is 11.7. The van der Waals surface area contributed by atoms with Crippen molar-refractivity contribution in [1.29, 1.82) is 0 Å². The summed E-state index contributed by atoms with van der Waals surface area (Å²) in [6.45, 7) is 2.18. The minimum Gasteiger partial charge on any atom is -0.462 e. The molecule has 0 aliphatic heterocycles. The largest absolute Gasteiger partial charge is 0.462 e. The SMILES string of the molecule is CCOC(=O)c1ccc(-c2ccc3ccccc3n2)cc1. The van der Waals surface area contributed by atoms with Gasteiger partial charge in [-0.3, -0.25) is 0 Å². The third-order valence-electron chi connectivity index (χ3n) is 3.29. The third-order valence-corrected chi connectivity index (χ3v) is 3.29. The van der Waals surface area contributed by atoms with Gasteiger partial charge in [0.15, 0.2) is 0 Å². The summed E-state index contributed by atoms with van der Waals surface area (Å²) < 4.78 is 4.98. The number of ether oxygens (including phenoxy) is 1. The number of hydrogen-bond donors (Lipinski definition) is 0. The molecule has 2 aromatic carbocycles. The number of benzene rings is 2. The highest BCUT2D eigenvalue weighted by molar-refractivity contribution is 5.90. The Hall–Kier alpha value is -2.68. The van der Waals surface area contributed by atoms with Crippen LogP contribution in [-0.4, -0.2) is 17.6 Å². The fourth-order valence-corrected chi connectivity index (χ4v) is 2.22. The van der Waals surface area contributed by atoms with E-state index >= 15 is 0 Å². The summed E-state index contributed by atoms with van der Waals surface area (Å²) >= 11 is 0. The van der Waals surface area contributed by atoms with Crippen LogP contribution in [0.4, 0.5) is 0 Å². The maximum atomic E-state index is 11.6. The van der Waals surface area contributed by atoms with Crippen LogP contribution in [0.3, 0.4) is 0 Å². The summed E-state index contributed by atoms with van der Waals surface area (Å²) in [6, 6.07) is 19.4. The van der Waals surface area contributed by atoms with Gasteiger partial charge in [-0.1, -0.05) is 36.4 Å². The summed E-state index contributed by atoms with van der Waals surface area (Å²) in [5, 5.41) is 1.12. The van der Waals surface area contributed by atoms with E-state index in [0.717, 1.165) is 22.2 Å². The van der Waals surface area contributed by atoms with E-state index in [0.29, 0.717) is 12.2 Å². The lowest BCUT2D eigenvalue weighted by Gasteiger charge is -2.05. The van der Waals surface area contributed by atoms with Gasteiger partial charge in [0.2, 0.25) is 0 Å². The minimum absolute atomic E-state index is 0.296. The van der Waals surface area contributed by atoms with E-state index in [4.69, 9.17) is 4.74 Å². The molecule has 0 saturated heterocycles. The molecule has 21 heavy (non-hydrogen) atoms. The van der Waals surface area contributed by atoms with Crippen LogP contribution < -0.4 is 0 Å². The molecule has 0 aliphatic rings. The Morgan fingerprint density at radius 3 is 2.52 bits per heavy atom. The Morgan fingerprint density at radius 2 is 1.76 bits per heavy atom. The van der Waals surface area contributed by atoms with Crippen molar-refractivity contribution in [3.8, 4) is 11.3 Å². The second-order valence-corrected chi connectivity index (χ2v) is 4.69. The fraction of sp³-hybridized carbons (Fsp3) is 0.111. The van der Waals surface area contributed by atoms with Crippen molar-refractivity contribution in [2.24, 2.45) is 0 Å². The van der Waals surface area contributed by atoms with Gasteiger partial charge in [0.1, 0.15) is 0 Å². The van der Waals surface area contributed by atoms with Crippen molar-refractivity contribution >= 4 is 16.9 Å². The molecule has 0 fully saturated rings. The molecule has 0 amide bonds. The van der Waals surface area contributed by atoms with Crippen LogP contribution in [0.5, 0.6) is 0 Å². The van der Waals surface area contributed by atoms with Gasteiger partial charge < -0.3 is 4.74 Å². The van der Waals surface area contributed by atoms with Crippen molar-refractivity contribution in [2.75, 3.05) is 6.61 Å². The van der Waals surface area contributed by atoms with Crippen molar-refractivity contribution < 1.29 is 9.53 Å². The number of hydrogen-bond acceptors (Lipinski definition) is 3. The summed E-state index contributed by atoms with van der Waals surface area (Å²) in [5.41, 5.74) is 3.39. The lowest BCUT2D eigenvalue weighted by atomic mass is 10.1. The number of rotatable bonds is 3. The van der Waals surface area contributed by atoms with Crippen LogP contribution in [0.2, 0.25) is 0 Å². The molecule has 0 N–H and O–H groups in total. The molecule has 1 aromatic heterocycles. The zero-order valence-corrected chi connectivity index (χ0v) is 11.7. The monoisotopic (exact) mass is 277 g/mol. The fourth-order valence-electron chi connectivity index (χ4n) is 2.22. The van der Waals surface area contributed by atoms with Crippen LogP contribution in [0, 0.1) is 0 Å². The van der Waals surface area contributed by atoms with E-state index in [2.05, 4.69) is 11.1 Å². The molecule has 0 radical (unpaired) electrons. The molecule has 104 valence electrons. The second kappa shape index (κ2) is 5.75. The molecule has 0 atom stereocenters. The van der Waals surface area contributed by atoms with Gasteiger partial charge in [0, 0.05) is 10.9 Å². The molecular formula is C18H15NO2. The predicted molar refractivity (Wildman–Crippen MR) is 83.1 cm³/mol. The van der Waals surface area contributed by atoms with Gasteiger partial charge in [-0.15, -0.1) is 0 Å². The molecule has 3 aromatic rings. The molecule has 0 spiro atoms. The number of esters is 1. The Bertz CT molecular complexity index is 779. The number of carbonyl (C=O) groups excluding carboxylic acids is 1. The van der Waals surface area contributed by atoms with Gasteiger partial charge in [0.25, 0.3) is 0 Å². The molecule has 0 saturated carbocycles. The molecule has 3 nitrogen and oxygen atoms in total. The number of fused-ring (bicyclic) bond motifs is 1. The average molecular weight is 277 g/mol. The van der Waals surface area contributed by atoms with Crippen LogP contribution in [-0.2, 0) is 4.74 Å². The van der Waals surface area contributed by atoms with Gasteiger partial charge in [-0.2, -0.15) is 0 Å². The molecule has 0 bridgehead atoms. The van der Waals surface area contributed by atoms with E-state index in [9.17, 15) is 4.79 Å². The van der Waals surface area contributed by atoms with Crippen LogP contribution >= 0.6 is 0 Å². The quantitative estimate of drug-likeness (QED) is 0.677. The summed E-state index contributed by atoms with van der Waals surface area (Å²) in [4.78, 5) is 16.3. The maximum absolute atomic E-state index is 11.6. The van der Waals surface area contributed by atoms with E-state index in [-0.39, 0.29) is 5.97 Å². The van der Waals surface area contributed by atoms with Gasteiger partial charge in [-0.25, -0.2) is 9.78 Å². The van der Waals surface area contributed by atoms with Crippen LogP contribution in [0.1, 0.15) is 17.3 Å². The Labute approximate surface area is 123 Å². The molecule has 0 aliphatic carbocycles. The lowest BCUT2D eigenvalue weighted by molar-refractivity contribution is 0.0526. The van der Waals surface area contributed by atoms with Crippen LogP contribution in [0.25, 0.3) is 22.2 Å². The van der Waals surface area contributed by atoms with E-state index in [1.54, 1.807) is 19.1 Å². The van der Waals surface area contributed by atoms with E-state index in [1.165, 1.54) is 0 Å². The second-order valence-electron chi connectivity index (χ2n) is 4.69. The first-order chi connectivity index (χ1) is 10.3. The van der Waals surface area contributed by atoms with Crippen molar-refractivity contribution in [3.63, 3.8) is 0 Å². The van der Waals surface area contributed by atoms with Crippen molar-refractivity contribution in [3.05, 3.63) is 66.2 Å². The highest BCUT2D eigenvalue weighted by atomic mass is 16.5. The topological polar surface area (TPSA) is 39.2 Å². The summed E-state index contributed by atoms with van der Waals surface area (Å²) in [7, 11) is 0. The number of para-hydroxylation sites is 1. The average Bonchev–Trinajstić information content (AvgIpc) is 2.55. The highest BCUT2D eigenvalue weighted by Crippen LogP contribution is 2.21. The molecule has 3 rings (SSSR count). The molecular weight excluding hydrogens is 262 g/mol. The Balaban J connectivity index is 1.93. The maximum Gasteiger partial charge on any atom is 0.338 e. The highest BCUT2D eigenvalue weighted by Gasteiger charge is 2.07. The first kappa shape index (κ1) is 13.3. The lowest BCUT2D eigenvalue weighted by Crippen LogP contribution is -2.04. The van der Waals surface area contributed by atoms with Gasteiger partial charge in [0.05, 0.1) is 23.4 Å². The minimum atomic E-state index is -0.296. The number of pyridine rings is 1. The number of nitrogens with zero attached hydrogens (tertiary/aromatic N) is 1. The Kier molecular flexibility index (Phi) is 3.65.